The SMILES string of the molecule is O=C1CN(S(=O)(=O)c2ccc(F)cc2)C[C@H]2c3ccccc3CCN12. The van der Waals surface area contributed by atoms with E-state index in [2.05, 4.69) is 0 Å². The maximum atomic E-state index is 13.1. The Balaban J connectivity index is 1.70. The van der Waals surface area contributed by atoms with Crippen molar-refractivity contribution in [2.75, 3.05) is 19.6 Å². The summed E-state index contributed by atoms with van der Waals surface area (Å²) in [7, 11) is -3.85. The molecule has 1 amide bonds. The van der Waals surface area contributed by atoms with Crippen molar-refractivity contribution in [1.82, 2.24) is 9.21 Å². The minimum Gasteiger partial charge on any atom is -0.333 e. The monoisotopic (exact) mass is 360 g/mol. The minimum atomic E-state index is -3.85. The van der Waals surface area contributed by atoms with Gasteiger partial charge < -0.3 is 4.90 Å². The van der Waals surface area contributed by atoms with E-state index in [-0.39, 0.29) is 29.9 Å². The van der Waals surface area contributed by atoms with Crippen molar-refractivity contribution in [3.8, 4) is 0 Å². The van der Waals surface area contributed by atoms with Crippen LogP contribution in [-0.4, -0.2) is 43.2 Å². The van der Waals surface area contributed by atoms with Crippen LogP contribution in [-0.2, 0) is 21.2 Å². The summed E-state index contributed by atoms with van der Waals surface area (Å²) in [5.74, 6) is -0.697. The van der Waals surface area contributed by atoms with E-state index >= 15 is 0 Å². The molecule has 0 aromatic heterocycles. The molecule has 4 rings (SSSR count). The normalized spacial score (nSPS) is 20.9. The Morgan fingerprint density at radius 3 is 2.52 bits per heavy atom. The first-order valence-electron chi connectivity index (χ1n) is 8.10. The summed E-state index contributed by atoms with van der Waals surface area (Å²) >= 11 is 0. The van der Waals surface area contributed by atoms with Gasteiger partial charge in [-0.25, -0.2) is 12.8 Å². The Morgan fingerprint density at radius 1 is 1.04 bits per heavy atom. The molecule has 5 nitrogen and oxygen atoms in total. The number of hydrogen-bond acceptors (Lipinski definition) is 3. The van der Waals surface area contributed by atoms with Crippen LogP contribution in [0.5, 0.6) is 0 Å². The summed E-state index contributed by atoms with van der Waals surface area (Å²) in [6.45, 7) is 0.631. The smallest absolute Gasteiger partial charge is 0.243 e. The number of nitrogens with zero attached hydrogens (tertiary/aromatic N) is 2. The van der Waals surface area contributed by atoms with E-state index in [0.29, 0.717) is 6.54 Å². The van der Waals surface area contributed by atoms with Gasteiger partial charge in [-0.2, -0.15) is 4.31 Å². The molecule has 2 heterocycles. The summed E-state index contributed by atoms with van der Waals surface area (Å²) in [5.41, 5.74) is 2.15. The number of benzene rings is 2. The molecule has 2 aromatic rings. The summed E-state index contributed by atoms with van der Waals surface area (Å²) in [5, 5.41) is 0. The summed E-state index contributed by atoms with van der Waals surface area (Å²) in [4.78, 5) is 14.3. The van der Waals surface area contributed by atoms with Gasteiger partial charge in [0.1, 0.15) is 5.82 Å². The van der Waals surface area contributed by atoms with E-state index < -0.39 is 15.8 Å². The largest absolute Gasteiger partial charge is 0.333 e. The molecule has 2 aliphatic rings. The van der Waals surface area contributed by atoms with Crippen molar-refractivity contribution in [2.24, 2.45) is 0 Å². The molecule has 1 saturated heterocycles. The van der Waals surface area contributed by atoms with Crippen LogP contribution in [0.4, 0.5) is 4.39 Å². The second kappa shape index (κ2) is 5.93. The molecule has 1 atom stereocenters. The number of fused-ring (bicyclic) bond motifs is 3. The Bertz CT molecular complexity index is 928. The molecule has 7 heteroatoms. The van der Waals surface area contributed by atoms with Crippen LogP contribution >= 0.6 is 0 Å². The van der Waals surface area contributed by atoms with Crippen LogP contribution in [0.2, 0.25) is 0 Å². The van der Waals surface area contributed by atoms with Crippen molar-refractivity contribution in [3.63, 3.8) is 0 Å². The highest BCUT2D eigenvalue weighted by molar-refractivity contribution is 7.89. The van der Waals surface area contributed by atoms with Crippen molar-refractivity contribution in [2.45, 2.75) is 17.4 Å². The zero-order chi connectivity index (χ0) is 17.6. The Morgan fingerprint density at radius 2 is 1.76 bits per heavy atom. The zero-order valence-corrected chi connectivity index (χ0v) is 14.2. The quantitative estimate of drug-likeness (QED) is 0.823. The first-order chi connectivity index (χ1) is 12.0. The van der Waals surface area contributed by atoms with E-state index in [4.69, 9.17) is 0 Å². The maximum absolute atomic E-state index is 13.1. The average molecular weight is 360 g/mol. The summed E-state index contributed by atoms with van der Waals surface area (Å²) < 4.78 is 40.0. The molecule has 0 saturated carbocycles. The van der Waals surface area contributed by atoms with Gasteiger partial charge in [0.05, 0.1) is 17.5 Å². The highest BCUT2D eigenvalue weighted by atomic mass is 32.2. The van der Waals surface area contributed by atoms with Crippen molar-refractivity contribution in [3.05, 3.63) is 65.5 Å². The molecular formula is C18H17FN2O3S. The molecule has 0 radical (unpaired) electrons. The van der Waals surface area contributed by atoms with Gasteiger partial charge in [0, 0.05) is 13.1 Å². The lowest BCUT2D eigenvalue weighted by atomic mass is 9.91. The predicted molar refractivity (Wildman–Crippen MR) is 89.8 cm³/mol. The van der Waals surface area contributed by atoms with Gasteiger partial charge >= 0.3 is 0 Å². The van der Waals surface area contributed by atoms with Crippen LogP contribution in [0, 0.1) is 5.82 Å². The second-order valence-corrected chi connectivity index (χ2v) is 8.24. The third-order valence-corrected chi connectivity index (χ3v) is 6.70. The lowest BCUT2D eigenvalue weighted by molar-refractivity contribution is -0.138. The Labute approximate surface area is 145 Å². The standard InChI is InChI=1S/C18H17FN2O3S/c19-14-5-7-15(8-6-14)25(23,24)20-11-17-16-4-2-1-3-13(16)9-10-21(17)18(22)12-20/h1-8,17H,9-12H2/t17-/m0/s1. The molecular weight excluding hydrogens is 343 g/mol. The topological polar surface area (TPSA) is 57.7 Å². The number of carbonyl (C=O) groups is 1. The van der Waals surface area contributed by atoms with Crippen molar-refractivity contribution >= 4 is 15.9 Å². The number of sulfonamides is 1. The third-order valence-electron chi connectivity index (χ3n) is 4.87. The molecule has 2 aliphatic heterocycles. The molecule has 0 spiro atoms. The van der Waals surface area contributed by atoms with Crippen molar-refractivity contribution < 1.29 is 17.6 Å². The molecule has 0 N–H and O–H groups in total. The molecule has 130 valence electrons. The molecule has 0 unspecified atom stereocenters. The van der Waals surface area contributed by atoms with Crippen LogP contribution < -0.4 is 0 Å². The number of carbonyl (C=O) groups excluding carboxylic acids is 1. The fourth-order valence-electron chi connectivity index (χ4n) is 3.58. The van der Waals surface area contributed by atoms with Gasteiger partial charge in [-0.05, 0) is 41.8 Å². The maximum Gasteiger partial charge on any atom is 0.243 e. The van der Waals surface area contributed by atoms with E-state index in [9.17, 15) is 17.6 Å². The van der Waals surface area contributed by atoms with Gasteiger partial charge in [-0.15, -0.1) is 0 Å². The summed E-state index contributed by atoms with van der Waals surface area (Å²) in [6, 6.07) is 12.2. The van der Waals surface area contributed by atoms with E-state index in [1.165, 1.54) is 16.4 Å². The lowest BCUT2D eigenvalue weighted by Gasteiger charge is -2.44. The predicted octanol–water partition coefficient (Wildman–Crippen LogP) is 1.96. The molecule has 1 fully saturated rings. The van der Waals surface area contributed by atoms with Gasteiger partial charge in [0.2, 0.25) is 15.9 Å². The van der Waals surface area contributed by atoms with Gasteiger partial charge in [0.15, 0.2) is 0 Å². The highest BCUT2D eigenvalue weighted by Crippen LogP contribution is 2.34. The fourth-order valence-corrected chi connectivity index (χ4v) is 4.98. The summed E-state index contributed by atoms with van der Waals surface area (Å²) in [6.07, 6.45) is 0.781. The Hall–Kier alpha value is -2.25. The first-order valence-corrected chi connectivity index (χ1v) is 9.54. The minimum absolute atomic E-state index is 0.000699. The van der Waals surface area contributed by atoms with E-state index in [0.717, 1.165) is 29.7 Å². The van der Waals surface area contributed by atoms with Crippen LogP contribution in [0.1, 0.15) is 17.2 Å². The molecule has 2 aromatic carbocycles. The van der Waals surface area contributed by atoms with Crippen LogP contribution in [0.3, 0.4) is 0 Å². The van der Waals surface area contributed by atoms with Crippen molar-refractivity contribution in [1.29, 1.82) is 0 Å². The van der Waals surface area contributed by atoms with Gasteiger partial charge in [0.25, 0.3) is 0 Å². The van der Waals surface area contributed by atoms with Crippen LogP contribution in [0.15, 0.2) is 53.4 Å². The lowest BCUT2D eigenvalue weighted by Crippen LogP contribution is -2.55. The van der Waals surface area contributed by atoms with E-state index in [1.807, 2.05) is 24.3 Å². The molecule has 0 bridgehead atoms. The first kappa shape index (κ1) is 16.2. The van der Waals surface area contributed by atoms with Crippen LogP contribution in [0.25, 0.3) is 0 Å². The highest BCUT2D eigenvalue weighted by Gasteiger charge is 2.41. The van der Waals surface area contributed by atoms with E-state index in [1.54, 1.807) is 4.90 Å². The van der Waals surface area contributed by atoms with Gasteiger partial charge in [-0.3, -0.25) is 4.79 Å². The number of rotatable bonds is 2. The number of halogens is 1. The average Bonchev–Trinajstić information content (AvgIpc) is 2.62. The number of amides is 1. The zero-order valence-electron chi connectivity index (χ0n) is 13.4. The molecule has 0 aliphatic carbocycles. The fraction of sp³-hybridized carbons (Fsp3) is 0.278. The number of hydrogen-bond donors (Lipinski definition) is 0. The van der Waals surface area contributed by atoms with Gasteiger partial charge in [-0.1, -0.05) is 24.3 Å². The molecule has 25 heavy (non-hydrogen) atoms. The Kier molecular flexibility index (Phi) is 3.85. The number of piperazine rings is 1. The second-order valence-electron chi connectivity index (χ2n) is 6.30. The third kappa shape index (κ3) is 2.73.